The molecule has 0 unspecified atom stereocenters. The molecule has 0 aromatic heterocycles. The first-order valence-corrected chi connectivity index (χ1v) is 11.6. The van der Waals surface area contributed by atoms with Crippen LogP contribution < -0.4 is 4.74 Å². The van der Waals surface area contributed by atoms with Crippen LogP contribution in [0.2, 0.25) is 0 Å². The fourth-order valence-corrected chi connectivity index (χ4v) is 6.30. The Kier molecular flexibility index (Phi) is 5.96. The van der Waals surface area contributed by atoms with Gasteiger partial charge in [0.2, 0.25) is 0 Å². The Morgan fingerprint density at radius 3 is 1.83 bits per heavy atom. The molecule has 0 spiro atoms. The summed E-state index contributed by atoms with van der Waals surface area (Å²) in [6.07, 6.45) is 4.32. The van der Waals surface area contributed by atoms with Gasteiger partial charge in [-0.1, -0.05) is 50.2 Å². The highest BCUT2D eigenvalue weighted by Crippen LogP contribution is 2.41. The maximum absolute atomic E-state index is 15.2. The van der Waals surface area contributed by atoms with Crippen molar-refractivity contribution < 1.29 is 9.13 Å². The van der Waals surface area contributed by atoms with Gasteiger partial charge in [-0.3, -0.25) is 0 Å². The van der Waals surface area contributed by atoms with E-state index in [1.807, 2.05) is 48.5 Å². The summed E-state index contributed by atoms with van der Waals surface area (Å²) in [6.45, 7) is 4.36. The molecule has 1 saturated carbocycles. The van der Waals surface area contributed by atoms with Crippen LogP contribution in [0.25, 0.3) is 0 Å². The maximum Gasteiger partial charge on any atom is 0.170 e. The van der Waals surface area contributed by atoms with Crippen LogP contribution in [0, 0.1) is 11.7 Å². The van der Waals surface area contributed by atoms with Gasteiger partial charge in [-0.25, -0.2) is 4.39 Å². The third-order valence-corrected chi connectivity index (χ3v) is 8.12. The number of ether oxygens (including phenoxy) is 1. The second-order valence-electron chi connectivity index (χ2n) is 8.05. The molecule has 0 bridgehead atoms. The molecule has 0 atom stereocenters. The van der Waals surface area contributed by atoms with E-state index in [4.69, 9.17) is 4.74 Å². The molecule has 0 saturated heterocycles. The predicted octanol–water partition coefficient (Wildman–Crippen LogP) is 7.27. The molecule has 0 heterocycles. The van der Waals surface area contributed by atoms with Crippen LogP contribution in [0.15, 0.2) is 93.5 Å². The fraction of sp³-hybridized carbons (Fsp3) is 0.308. The van der Waals surface area contributed by atoms with E-state index in [0.29, 0.717) is 11.7 Å². The van der Waals surface area contributed by atoms with Crippen LogP contribution >= 0.6 is 0 Å². The van der Waals surface area contributed by atoms with Gasteiger partial charge in [-0.2, -0.15) is 0 Å². The monoisotopic (exact) mass is 407 g/mol. The van der Waals surface area contributed by atoms with Gasteiger partial charge in [0.05, 0.1) is 10.9 Å². The SMILES string of the molecule is CC(C)C1(Oc2ccc([S+](c3ccccc3)c3ccccc3)cc2F)CCCC1. The van der Waals surface area contributed by atoms with Gasteiger partial charge in [0.25, 0.3) is 0 Å². The van der Waals surface area contributed by atoms with Crippen LogP contribution in [-0.2, 0) is 10.9 Å². The lowest BCUT2D eigenvalue weighted by Gasteiger charge is -2.34. The molecule has 150 valence electrons. The summed E-state index contributed by atoms with van der Waals surface area (Å²) in [5.41, 5.74) is -0.233. The molecule has 1 aliphatic rings. The van der Waals surface area contributed by atoms with E-state index < -0.39 is 0 Å². The zero-order valence-corrected chi connectivity index (χ0v) is 17.9. The third-order valence-electron chi connectivity index (χ3n) is 5.91. The summed E-state index contributed by atoms with van der Waals surface area (Å²) in [5.74, 6) is 0.486. The van der Waals surface area contributed by atoms with E-state index >= 15 is 4.39 Å². The quantitative estimate of drug-likeness (QED) is 0.390. The van der Waals surface area contributed by atoms with E-state index in [-0.39, 0.29) is 22.3 Å². The number of halogens is 1. The molecule has 4 rings (SSSR count). The summed E-state index contributed by atoms with van der Waals surface area (Å²) >= 11 is 0. The Hall–Kier alpha value is -2.26. The number of hydrogen-bond donors (Lipinski definition) is 0. The molecule has 29 heavy (non-hydrogen) atoms. The largest absolute Gasteiger partial charge is 0.484 e. The average Bonchev–Trinajstić information content (AvgIpc) is 3.22. The number of hydrogen-bond acceptors (Lipinski definition) is 1. The van der Waals surface area contributed by atoms with E-state index in [1.165, 1.54) is 9.79 Å². The van der Waals surface area contributed by atoms with Gasteiger partial charge in [0.1, 0.15) is 5.60 Å². The highest BCUT2D eigenvalue weighted by Gasteiger charge is 2.40. The van der Waals surface area contributed by atoms with Crippen molar-refractivity contribution in [3.63, 3.8) is 0 Å². The molecule has 3 aromatic carbocycles. The standard InChI is InChI=1S/C26H28FOS/c1-20(2)26(17-9-10-18-26)28-25-16-15-23(19-24(25)27)29(21-11-5-3-6-12-21)22-13-7-4-8-14-22/h3-8,11-16,19-20H,9-10,17-18H2,1-2H3/q+1. The molecule has 0 amide bonds. The summed E-state index contributed by atoms with van der Waals surface area (Å²) in [7, 11) is -0.352. The fourth-order valence-electron chi connectivity index (χ4n) is 4.20. The van der Waals surface area contributed by atoms with Gasteiger partial charge in [0.15, 0.2) is 26.3 Å². The Balaban J connectivity index is 1.69. The molecule has 0 N–H and O–H groups in total. The summed E-state index contributed by atoms with van der Waals surface area (Å²) in [4.78, 5) is 3.33. The zero-order valence-electron chi connectivity index (χ0n) is 17.1. The minimum absolute atomic E-state index is 0.233. The Labute approximate surface area is 176 Å². The molecule has 1 aliphatic carbocycles. The second kappa shape index (κ2) is 8.62. The average molecular weight is 408 g/mol. The normalized spacial score (nSPS) is 15.8. The molecule has 0 radical (unpaired) electrons. The molecule has 3 aromatic rings. The van der Waals surface area contributed by atoms with Crippen molar-refractivity contribution >= 4 is 10.9 Å². The molecular formula is C26H28FOS+. The van der Waals surface area contributed by atoms with Crippen molar-refractivity contribution in [3.05, 3.63) is 84.7 Å². The lowest BCUT2D eigenvalue weighted by molar-refractivity contribution is 0.0251. The lowest BCUT2D eigenvalue weighted by atomic mass is 9.88. The van der Waals surface area contributed by atoms with E-state index in [1.54, 1.807) is 6.07 Å². The van der Waals surface area contributed by atoms with Crippen molar-refractivity contribution in [2.24, 2.45) is 5.92 Å². The van der Waals surface area contributed by atoms with Crippen molar-refractivity contribution in [1.82, 2.24) is 0 Å². The van der Waals surface area contributed by atoms with Gasteiger partial charge < -0.3 is 4.74 Å². The van der Waals surface area contributed by atoms with Crippen LogP contribution in [0.5, 0.6) is 5.75 Å². The van der Waals surface area contributed by atoms with Crippen molar-refractivity contribution in [1.29, 1.82) is 0 Å². The summed E-state index contributed by atoms with van der Waals surface area (Å²) in [6, 6.07) is 26.2. The van der Waals surface area contributed by atoms with Crippen LogP contribution in [-0.4, -0.2) is 5.60 Å². The van der Waals surface area contributed by atoms with Crippen LogP contribution in [0.4, 0.5) is 4.39 Å². The molecule has 1 fully saturated rings. The zero-order chi connectivity index (χ0) is 20.3. The van der Waals surface area contributed by atoms with Gasteiger partial charge in [-0.15, -0.1) is 0 Å². The first-order chi connectivity index (χ1) is 14.1. The van der Waals surface area contributed by atoms with Gasteiger partial charge in [0, 0.05) is 6.07 Å². The van der Waals surface area contributed by atoms with E-state index in [2.05, 4.69) is 38.1 Å². The minimum Gasteiger partial charge on any atom is -0.484 e. The van der Waals surface area contributed by atoms with Crippen molar-refractivity contribution in [2.75, 3.05) is 0 Å². The summed E-state index contributed by atoms with van der Waals surface area (Å²) < 4.78 is 21.5. The number of rotatable bonds is 6. The van der Waals surface area contributed by atoms with Crippen molar-refractivity contribution in [2.45, 2.75) is 59.8 Å². The first-order valence-electron chi connectivity index (χ1n) is 10.4. The smallest absolute Gasteiger partial charge is 0.170 e. The topological polar surface area (TPSA) is 9.23 Å². The predicted molar refractivity (Wildman–Crippen MR) is 118 cm³/mol. The number of benzene rings is 3. The Morgan fingerprint density at radius 2 is 1.34 bits per heavy atom. The molecule has 1 nitrogen and oxygen atoms in total. The Bertz CT molecular complexity index is 894. The highest BCUT2D eigenvalue weighted by molar-refractivity contribution is 7.97. The molecule has 3 heteroatoms. The van der Waals surface area contributed by atoms with Crippen molar-refractivity contribution in [3.8, 4) is 5.75 Å². The molecular weight excluding hydrogens is 379 g/mol. The minimum atomic E-state index is -0.352. The van der Waals surface area contributed by atoms with E-state index in [9.17, 15) is 0 Å². The first kappa shape index (κ1) is 20.0. The van der Waals surface area contributed by atoms with Gasteiger partial charge >= 0.3 is 0 Å². The molecule has 0 aliphatic heterocycles. The maximum atomic E-state index is 15.2. The second-order valence-corrected chi connectivity index (χ2v) is 10.1. The van der Waals surface area contributed by atoms with E-state index in [0.717, 1.165) is 30.6 Å². The van der Waals surface area contributed by atoms with Crippen LogP contribution in [0.1, 0.15) is 39.5 Å². The summed E-state index contributed by atoms with van der Waals surface area (Å²) in [5, 5.41) is 0. The third kappa shape index (κ3) is 4.20. The van der Waals surface area contributed by atoms with Crippen LogP contribution in [0.3, 0.4) is 0 Å². The van der Waals surface area contributed by atoms with Gasteiger partial charge in [-0.05, 0) is 68.0 Å². The highest BCUT2D eigenvalue weighted by atomic mass is 32.2. The lowest BCUT2D eigenvalue weighted by Crippen LogP contribution is -2.38. The Morgan fingerprint density at radius 1 is 0.793 bits per heavy atom.